The summed E-state index contributed by atoms with van der Waals surface area (Å²) in [4.78, 5) is 22.8. The van der Waals surface area contributed by atoms with E-state index in [-0.39, 0.29) is 11.5 Å². The third-order valence-corrected chi connectivity index (χ3v) is 2.12. The maximum Gasteiger partial charge on any atom is 0.422 e. The number of primary amides is 1. The molecule has 0 aliphatic carbocycles. The number of alkyl halides is 3. The highest BCUT2D eigenvalue weighted by molar-refractivity contribution is 6.11. The van der Waals surface area contributed by atoms with Crippen LogP contribution < -0.4 is 10.6 Å². The van der Waals surface area contributed by atoms with E-state index in [1.165, 1.54) is 13.0 Å². The van der Waals surface area contributed by atoms with E-state index in [0.29, 0.717) is 0 Å². The van der Waals surface area contributed by atoms with Crippen LogP contribution in [0.2, 0.25) is 0 Å². The number of rotatable bonds is 2. The van der Waals surface area contributed by atoms with E-state index in [1.807, 2.05) is 0 Å². The van der Waals surface area contributed by atoms with Crippen LogP contribution in [0, 0.1) is 0 Å². The van der Waals surface area contributed by atoms with Gasteiger partial charge in [-0.25, -0.2) is 9.59 Å². The first kappa shape index (κ1) is 14.8. The number of nitrogens with two attached hydrogens (primary N) is 1. The number of hydrogen-bond donors (Lipinski definition) is 1. The molecule has 0 heterocycles. The lowest BCUT2D eigenvalue weighted by molar-refractivity contribution is -0.137. The number of urea groups is 1. The lowest BCUT2D eigenvalue weighted by Crippen LogP contribution is -2.42. The summed E-state index contributed by atoms with van der Waals surface area (Å²) >= 11 is 0. The quantitative estimate of drug-likeness (QED) is 0.902. The van der Waals surface area contributed by atoms with Gasteiger partial charge >= 0.3 is 18.3 Å². The second kappa shape index (κ2) is 5.59. The van der Waals surface area contributed by atoms with Crippen LogP contribution in [0.15, 0.2) is 24.3 Å². The first-order valence-corrected chi connectivity index (χ1v) is 5.21. The van der Waals surface area contributed by atoms with Crippen LogP contribution in [0.25, 0.3) is 0 Å². The second-order valence-electron chi connectivity index (χ2n) is 3.39. The van der Waals surface area contributed by atoms with Gasteiger partial charge in [0.1, 0.15) is 0 Å². The van der Waals surface area contributed by atoms with E-state index < -0.39 is 29.6 Å². The zero-order valence-corrected chi connectivity index (χ0v) is 9.90. The van der Waals surface area contributed by atoms with Crippen LogP contribution >= 0.6 is 0 Å². The Morgan fingerprint density at radius 2 is 1.89 bits per heavy atom. The van der Waals surface area contributed by atoms with Gasteiger partial charge in [0, 0.05) is 0 Å². The Hall–Kier alpha value is -2.25. The normalized spacial score (nSPS) is 10.9. The molecule has 0 saturated carbocycles. The van der Waals surface area contributed by atoms with Crippen molar-refractivity contribution in [3.8, 4) is 0 Å². The molecule has 8 heteroatoms. The van der Waals surface area contributed by atoms with E-state index in [0.717, 1.165) is 18.2 Å². The fourth-order valence-electron chi connectivity index (χ4n) is 1.40. The molecular formula is C11H11F3N2O3. The monoisotopic (exact) mass is 276 g/mol. The summed E-state index contributed by atoms with van der Waals surface area (Å²) in [6.07, 6.45) is -5.98. The third kappa shape index (κ3) is 3.36. The van der Waals surface area contributed by atoms with Crippen LogP contribution in [0.1, 0.15) is 12.5 Å². The number of carbonyl (C=O) groups is 2. The summed E-state index contributed by atoms with van der Waals surface area (Å²) in [6, 6.07) is 2.74. The van der Waals surface area contributed by atoms with Crippen LogP contribution in [-0.4, -0.2) is 18.7 Å². The smallest absolute Gasteiger partial charge is 0.422 e. The van der Waals surface area contributed by atoms with Gasteiger partial charge in [0.05, 0.1) is 17.9 Å². The molecule has 2 N–H and O–H groups in total. The molecule has 0 unspecified atom stereocenters. The summed E-state index contributed by atoms with van der Waals surface area (Å²) in [7, 11) is 0. The summed E-state index contributed by atoms with van der Waals surface area (Å²) in [5, 5.41) is 0. The van der Waals surface area contributed by atoms with E-state index in [1.54, 1.807) is 0 Å². The van der Waals surface area contributed by atoms with Gasteiger partial charge in [0.25, 0.3) is 0 Å². The maximum absolute atomic E-state index is 12.8. The Balaban J connectivity index is 3.32. The molecule has 3 amide bonds. The average molecular weight is 276 g/mol. The zero-order chi connectivity index (χ0) is 14.6. The van der Waals surface area contributed by atoms with Crippen LogP contribution in [0.5, 0.6) is 0 Å². The minimum atomic E-state index is -4.73. The number of nitrogens with zero attached hydrogens (tertiary/aromatic N) is 1. The molecule has 0 spiro atoms. The van der Waals surface area contributed by atoms with Crippen molar-refractivity contribution in [2.75, 3.05) is 11.5 Å². The Bertz CT molecular complexity index is 488. The van der Waals surface area contributed by atoms with E-state index in [4.69, 9.17) is 5.73 Å². The van der Waals surface area contributed by atoms with Crippen molar-refractivity contribution in [3.05, 3.63) is 29.8 Å². The van der Waals surface area contributed by atoms with Crippen molar-refractivity contribution in [2.24, 2.45) is 5.73 Å². The standard InChI is InChI=1S/C11H11F3N2O3/c1-2-19-10(18)16(9(15)17)8-6-4-3-5-7(8)11(12,13)14/h3-6H,2H2,1H3,(H2,15,17). The zero-order valence-electron chi connectivity index (χ0n) is 9.90. The molecule has 0 aliphatic rings. The molecule has 0 aliphatic heterocycles. The predicted octanol–water partition coefficient (Wildman–Crippen LogP) is 2.75. The molecule has 0 radical (unpaired) electrons. The highest BCUT2D eigenvalue weighted by atomic mass is 19.4. The number of imide groups is 1. The van der Waals surface area contributed by atoms with Crippen LogP contribution in [0.3, 0.4) is 0 Å². The van der Waals surface area contributed by atoms with E-state index in [9.17, 15) is 22.8 Å². The molecule has 1 rings (SSSR count). The first-order chi connectivity index (χ1) is 8.79. The van der Waals surface area contributed by atoms with Crippen molar-refractivity contribution < 1.29 is 27.5 Å². The number of carbonyl (C=O) groups excluding carboxylic acids is 2. The van der Waals surface area contributed by atoms with E-state index in [2.05, 4.69) is 4.74 Å². The fourth-order valence-corrected chi connectivity index (χ4v) is 1.40. The van der Waals surface area contributed by atoms with Gasteiger partial charge in [-0.3, -0.25) is 0 Å². The highest BCUT2D eigenvalue weighted by Gasteiger charge is 2.37. The van der Waals surface area contributed by atoms with Crippen molar-refractivity contribution >= 4 is 17.8 Å². The van der Waals surface area contributed by atoms with Crippen molar-refractivity contribution in [3.63, 3.8) is 0 Å². The number of halogens is 3. The molecule has 1 aromatic rings. The highest BCUT2D eigenvalue weighted by Crippen LogP contribution is 2.36. The number of ether oxygens (including phenoxy) is 1. The molecule has 0 saturated heterocycles. The number of hydrogen-bond acceptors (Lipinski definition) is 3. The van der Waals surface area contributed by atoms with Crippen molar-refractivity contribution in [1.29, 1.82) is 0 Å². The molecule has 0 fully saturated rings. The Morgan fingerprint density at radius 1 is 1.32 bits per heavy atom. The van der Waals surface area contributed by atoms with Gasteiger partial charge in [0.15, 0.2) is 0 Å². The summed E-state index contributed by atoms with van der Waals surface area (Å²) in [5.74, 6) is 0. The molecule has 0 aromatic heterocycles. The van der Waals surface area contributed by atoms with Crippen molar-refractivity contribution in [2.45, 2.75) is 13.1 Å². The largest absolute Gasteiger partial charge is 0.449 e. The summed E-state index contributed by atoms with van der Waals surface area (Å²) < 4.78 is 42.9. The maximum atomic E-state index is 12.8. The third-order valence-electron chi connectivity index (χ3n) is 2.12. The Morgan fingerprint density at radius 3 is 2.37 bits per heavy atom. The SMILES string of the molecule is CCOC(=O)N(C(N)=O)c1ccccc1C(F)(F)F. The number of benzene rings is 1. The fraction of sp³-hybridized carbons (Fsp3) is 0.273. The summed E-state index contributed by atoms with van der Waals surface area (Å²) in [6.45, 7) is 1.35. The van der Waals surface area contributed by atoms with Gasteiger partial charge < -0.3 is 10.5 Å². The molecule has 1 aromatic carbocycles. The number of para-hydroxylation sites is 1. The lowest BCUT2D eigenvalue weighted by Gasteiger charge is -2.21. The average Bonchev–Trinajstić information content (AvgIpc) is 2.28. The van der Waals surface area contributed by atoms with Crippen molar-refractivity contribution in [1.82, 2.24) is 0 Å². The molecule has 19 heavy (non-hydrogen) atoms. The second-order valence-corrected chi connectivity index (χ2v) is 3.39. The van der Waals surface area contributed by atoms with Gasteiger partial charge in [-0.2, -0.15) is 18.1 Å². The number of amides is 3. The first-order valence-electron chi connectivity index (χ1n) is 5.21. The Labute approximate surface area is 106 Å². The molecule has 0 atom stereocenters. The molecular weight excluding hydrogens is 265 g/mol. The molecule has 0 bridgehead atoms. The summed E-state index contributed by atoms with van der Waals surface area (Å²) in [5.41, 5.74) is 3.11. The lowest BCUT2D eigenvalue weighted by atomic mass is 10.1. The topological polar surface area (TPSA) is 72.6 Å². The minimum absolute atomic E-state index is 0.100. The Kier molecular flexibility index (Phi) is 4.36. The minimum Gasteiger partial charge on any atom is -0.449 e. The van der Waals surface area contributed by atoms with Gasteiger partial charge in [-0.05, 0) is 19.1 Å². The number of anilines is 1. The van der Waals surface area contributed by atoms with Crippen LogP contribution in [-0.2, 0) is 10.9 Å². The van der Waals surface area contributed by atoms with Gasteiger partial charge in [0.2, 0.25) is 0 Å². The van der Waals surface area contributed by atoms with Gasteiger partial charge in [-0.15, -0.1) is 0 Å². The molecule has 104 valence electrons. The van der Waals surface area contributed by atoms with Crippen LogP contribution in [0.4, 0.5) is 28.4 Å². The predicted molar refractivity (Wildman–Crippen MR) is 60.5 cm³/mol. The molecule has 5 nitrogen and oxygen atoms in total. The van der Waals surface area contributed by atoms with Gasteiger partial charge in [-0.1, -0.05) is 12.1 Å². The van der Waals surface area contributed by atoms with E-state index >= 15 is 0 Å².